The molecule has 0 saturated heterocycles. The molecule has 0 saturated carbocycles. The molecule has 4 rings (SSSR count). The number of rotatable bonds is 6. The van der Waals surface area contributed by atoms with Crippen molar-refractivity contribution in [1.29, 1.82) is 5.26 Å². The second kappa shape index (κ2) is 8.68. The molecule has 0 bridgehead atoms. The van der Waals surface area contributed by atoms with Gasteiger partial charge >= 0.3 is 0 Å². The van der Waals surface area contributed by atoms with E-state index in [1.54, 1.807) is 16.9 Å². The first-order valence-electron chi connectivity index (χ1n) is 9.25. The van der Waals surface area contributed by atoms with E-state index >= 15 is 0 Å². The summed E-state index contributed by atoms with van der Waals surface area (Å²) in [6.07, 6.45) is 3.04. The van der Waals surface area contributed by atoms with Crippen LogP contribution >= 0.6 is 11.3 Å². The van der Waals surface area contributed by atoms with Crippen LogP contribution in [0.5, 0.6) is 0 Å². The van der Waals surface area contributed by atoms with Crippen molar-refractivity contribution < 1.29 is 12.8 Å². The number of hydrogen-bond donors (Lipinski definition) is 0. The first-order valence-corrected chi connectivity index (χ1v) is 11.6. The molecule has 0 fully saturated rings. The Morgan fingerprint density at radius 3 is 2.48 bits per heavy atom. The third-order valence-electron chi connectivity index (χ3n) is 4.54. The molecule has 31 heavy (non-hydrogen) atoms. The Kier molecular flexibility index (Phi) is 5.80. The number of hydrogen-bond acceptors (Lipinski definition) is 5. The van der Waals surface area contributed by atoms with E-state index in [0.29, 0.717) is 17.8 Å². The fraction of sp³-hybridized carbons (Fsp3) is 0.0435. The van der Waals surface area contributed by atoms with Crippen molar-refractivity contribution in [3.05, 3.63) is 100 Å². The Bertz CT molecular complexity index is 1370. The molecule has 0 spiro atoms. The summed E-state index contributed by atoms with van der Waals surface area (Å²) in [5, 5.41) is 16.1. The number of aromatic nitrogens is 2. The van der Waals surface area contributed by atoms with Crippen LogP contribution in [0.2, 0.25) is 0 Å². The molecular weight excluding hydrogens is 433 g/mol. The summed E-state index contributed by atoms with van der Waals surface area (Å²) in [6.45, 7) is 0.500. The topological polar surface area (TPSA) is 75.8 Å². The van der Waals surface area contributed by atoms with Crippen molar-refractivity contribution >= 4 is 27.3 Å². The summed E-state index contributed by atoms with van der Waals surface area (Å²) in [7, 11) is -4.10. The van der Waals surface area contributed by atoms with Crippen LogP contribution in [-0.4, -0.2) is 18.2 Å². The quantitative estimate of drug-likeness (QED) is 0.302. The van der Waals surface area contributed by atoms with Gasteiger partial charge in [-0.3, -0.25) is 4.68 Å². The first-order chi connectivity index (χ1) is 15.0. The Morgan fingerprint density at radius 2 is 1.84 bits per heavy atom. The molecule has 0 amide bonds. The molecular formula is C23H16FN3O2S2. The zero-order valence-corrected chi connectivity index (χ0v) is 17.8. The maximum Gasteiger partial charge on any atom is 0.216 e. The number of thiophene rings is 1. The lowest BCUT2D eigenvalue weighted by Crippen LogP contribution is -2.03. The molecule has 0 aliphatic carbocycles. The van der Waals surface area contributed by atoms with Crippen LogP contribution in [-0.2, 0) is 16.4 Å². The Labute approximate surface area is 183 Å². The standard InChI is InChI=1S/C23H16FN3O2S2/c24-19-8-10-20(11-9-19)31(28,29)21(14-25)13-18-16-27(15-17-5-2-1-3-6-17)26-23(18)22-7-4-12-30-22/h1-13,16H,15H2/b21-13-. The molecule has 2 aromatic heterocycles. The lowest BCUT2D eigenvalue weighted by atomic mass is 10.2. The van der Waals surface area contributed by atoms with Crippen molar-refractivity contribution in [2.75, 3.05) is 0 Å². The smallest absolute Gasteiger partial charge is 0.216 e. The Balaban J connectivity index is 1.79. The number of nitrogens with zero attached hydrogens (tertiary/aromatic N) is 3. The van der Waals surface area contributed by atoms with E-state index < -0.39 is 20.6 Å². The van der Waals surface area contributed by atoms with E-state index in [-0.39, 0.29) is 4.90 Å². The van der Waals surface area contributed by atoms with Crippen molar-refractivity contribution in [3.8, 4) is 16.6 Å². The number of allylic oxidation sites excluding steroid dienone is 1. The number of nitriles is 1. The largest absolute Gasteiger partial charge is 0.267 e. The van der Waals surface area contributed by atoms with Crippen molar-refractivity contribution in [2.24, 2.45) is 0 Å². The highest BCUT2D eigenvalue weighted by Crippen LogP contribution is 2.30. The molecule has 154 valence electrons. The van der Waals surface area contributed by atoms with Crippen molar-refractivity contribution in [3.63, 3.8) is 0 Å². The minimum Gasteiger partial charge on any atom is -0.267 e. The van der Waals surface area contributed by atoms with Gasteiger partial charge in [-0.2, -0.15) is 10.4 Å². The Hall–Kier alpha value is -3.54. The predicted molar refractivity (Wildman–Crippen MR) is 118 cm³/mol. The van der Waals surface area contributed by atoms with Gasteiger partial charge < -0.3 is 0 Å². The molecule has 0 atom stereocenters. The van der Waals surface area contributed by atoms with Gasteiger partial charge in [0.1, 0.15) is 22.5 Å². The summed E-state index contributed by atoms with van der Waals surface area (Å²) in [5.41, 5.74) is 2.14. The van der Waals surface area contributed by atoms with Gasteiger partial charge in [-0.15, -0.1) is 11.3 Å². The average Bonchev–Trinajstić information content (AvgIpc) is 3.43. The van der Waals surface area contributed by atoms with E-state index in [1.165, 1.54) is 17.4 Å². The summed E-state index contributed by atoms with van der Waals surface area (Å²) in [6, 6.07) is 19.7. The van der Waals surface area contributed by atoms with Gasteiger partial charge in [0.15, 0.2) is 0 Å². The van der Waals surface area contributed by atoms with Gasteiger partial charge in [-0.05, 0) is 47.4 Å². The van der Waals surface area contributed by atoms with Crippen LogP contribution in [0.1, 0.15) is 11.1 Å². The summed E-state index contributed by atoms with van der Waals surface area (Å²) >= 11 is 1.47. The molecule has 2 aromatic carbocycles. The second-order valence-corrected chi connectivity index (χ2v) is 9.54. The molecule has 0 N–H and O–H groups in total. The van der Waals surface area contributed by atoms with E-state index in [1.807, 2.05) is 47.8 Å². The van der Waals surface area contributed by atoms with Crippen LogP contribution in [0.25, 0.3) is 16.6 Å². The minimum absolute atomic E-state index is 0.143. The number of halogens is 1. The van der Waals surface area contributed by atoms with Crippen molar-refractivity contribution in [1.82, 2.24) is 9.78 Å². The average molecular weight is 450 g/mol. The fourth-order valence-electron chi connectivity index (χ4n) is 3.05. The molecule has 5 nitrogen and oxygen atoms in total. The van der Waals surface area contributed by atoms with Gasteiger partial charge in [-0.1, -0.05) is 36.4 Å². The fourth-order valence-corrected chi connectivity index (χ4v) is 4.93. The molecule has 0 unspecified atom stereocenters. The summed E-state index contributed by atoms with van der Waals surface area (Å²) in [4.78, 5) is 0.279. The molecule has 0 aliphatic rings. The molecule has 4 aromatic rings. The van der Waals surface area contributed by atoms with Crippen molar-refractivity contribution in [2.45, 2.75) is 11.4 Å². The Morgan fingerprint density at radius 1 is 1.10 bits per heavy atom. The summed E-state index contributed by atoms with van der Waals surface area (Å²) < 4.78 is 40.8. The zero-order chi connectivity index (χ0) is 21.8. The second-order valence-electron chi connectivity index (χ2n) is 6.67. The monoisotopic (exact) mass is 449 g/mol. The maximum absolute atomic E-state index is 13.2. The highest BCUT2D eigenvalue weighted by Gasteiger charge is 2.22. The van der Waals surface area contributed by atoms with Gasteiger partial charge in [0.25, 0.3) is 0 Å². The highest BCUT2D eigenvalue weighted by atomic mass is 32.2. The van der Waals surface area contributed by atoms with E-state index in [4.69, 9.17) is 0 Å². The normalized spacial score (nSPS) is 11.9. The third kappa shape index (κ3) is 4.48. The maximum atomic E-state index is 13.2. The minimum atomic E-state index is -4.10. The van der Waals surface area contributed by atoms with Crippen LogP contribution < -0.4 is 0 Å². The SMILES string of the molecule is N#C/C(=C/c1cn(Cc2ccccc2)nc1-c1cccs1)S(=O)(=O)c1ccc(F)cc1. The van der Waals surface area contributed by atoms with Gasteiger partial charge in [0.05, 0.1) is 16.3 Å². The number of benzene rings is 2. The highest BCUT2D eigenvalue weighted by molar-refractivity contribution is 7.95. The van der Waals surface area contributed by atoms with Crippen LogP contribution in [0.4, 0.5) is 4.39 Å². The van der Waals surface area contributed by atoms with Crippen LogP contribution in [0.15, 0.2) is 88.1 Å². The van der Waals surface area contributed by atoms with E-state index in [2.05, 4.69) is 5.10 Å². The molecule has 0 aliphatic heterocycles. The van der Waals surface area contributed by atoms with E-state index in [9.17, 15) is 18.1 Å². The predicted octanol–water partition coefficient (Wildman–Crippen LogP) is 5.14. The summed E-state index contributed by atoms with van der Waals surface area (Å²) in [5.74, 6) is -0.552. The third-order valence-corrected chi connectivity index (χ3v) is 7.10. The van der Waals surface area contributed by atoms with Gasteiger partial charge in [0, 0.05) is 11.8 Å². The lowest BCUT2D eigenvalue weighted by Gasteiger charge is -2.03. The van der Waals surface area contributed by atoms with Gasteiger partial charge in [0.2, 0.25) is 9.84 Å². The van der Waals surface area contributed by atoms with Crippen LogP contribution in [0, 0.1) is 17.1 Å². The lowest BCUT2D eigenvalue weighted by molar-refractivity contribution is 0.601. The zero-order valence-electron chi connectivity index (χ0n) is 16.1. The molecule has 0 radical (unpaired) electrons. The number of sulfone groups is 1. The molecule has 2 heterocycles. The molecule has 8 heteroatoms. The van der Waals surface area contributed by atoms with E-state index in [0.717, 1.165) is 34.7 Å². The van der Waals surface area contributed by atoms with Crippen LogP contribution in [0.3, 0.4) is 0 Å². The van der Waals surface area contributed by atoms with Gasteiger partial charge in [-0.25, -0.2) is 12.8 Å². The first kappa shape index (κ1) is 20.7.